The van der Waals surface area contributed by atoms with E-state index in [-0.39, 0.29) is 17.0 Å². The molecule has 0 unspecified atom stereocenters. The van der Waals surface area contributed by atoms with Crippen molar-refractivity contribution >= 4 is 16.6 Å². The summed E-state index contributed by atoms with van der Waals surface area (Å²) >= 11 is 0. The minimum absolute atomic E-state index is 0.0661. The van der Waals surface area contributed by atoms with Gasteiger partial charge in [0, 0.05) is 17.6 Å². The van der Waals surface area contributed by atoms with E-state index in [4.69, 9.17) is 4.74 Å². The van der Waals surface area contributed by atoms with Crippen molar-refractivity contribution in [2.75, 3.05) is 0 Å². The molecule has 0 spiro atoms. The van der Waals surface area contributed by atoms with E-state index in [0.29, 0.717) is 16.9 Å². The van der Waals surface area contributed by atoms with E-state index in [1.807, 2.05) is 0 Å². The largest absolute Gasteiger partial charge is 0.508 e. The summed E-state index contributed by atoms with van der Waals surface area (Å²) in [4.78, 5) is 14.6. The molecule has 0 fully saturated rings. The maximum absolute atomic E-state index is 11.0. The Hall–Kier alpha value is -3.15. The molecule has 2 aromatic carbocycles. The minimum Gasteiger partial charge on any atom is -0.508 e. The van der Waals surface area contributed by atoms with Crippen LogP contribution in [0.2, 0.25) is 0 Å². The van der Waals surface area contributed by atoms with Crippen LogP contribution in [0.25, 0.3) is 10.9 Å². The second kappa shape index (κ2) is 5.09. The molecule has 0 saturated heterocycles. The monoisotopic (exact) mass is 282 g/mol. The van der Waals surface area contributed by atoms with Gasteiger partial charge in [0.05, 0.1) is 4.92 Å². The molecule has 0 aliphatic carbocycles. The zero-order valence-electron chi connectivity index (χ0n) is 10.8. The number of hydrogen-bond acceptors (Lipinski definition) is 5. The van der Waals surface area contributed by atoms with E-state index in [1.165, 1.54) is 30.5 Å². The van der Waals surface area contributed by atoms with E-state index < -0.39 is 4.92 Å². The quantitative estimate of drug-likeness (QED) is 0.585. The number of pyridine rings is 1. The summed E-state index contributed by atoms with van der Waals surface area (Å²) in [5.74, 6) is 1.12. The van der Waals surface area contributed by atoms with E-state index in [0.717, 1.165) is 0 Å². The normalized spacial score (nSPS) is 10.5. The molecule has 104 valence electrons. The fraction of sp³-hybridized carbons (Fsp3) is 0. The first-order valence-corrected chi connectivity index (χ1v) is 6.14. The number of aromatic nitrogens is 1. The second-order valence-corrected chi connectivity index (χ2v) is 4.34. The Balaban J connectivity index is 2.09. The predicted molar refractivity (Wildman–Crippen MR) is 76.6 cm³/mol. The van der Waals surface area contributed by atoms with Gasteiger partial charge in [-0.05, 0) is 42.5 Å². The van der Waals surface area contributed by atoms with Gasteiger partial charge in [0.25, 0.3) is 5.69 Å². The second-order valence-electron chi connectivity index (χ2n) is 4.34. The highest BCUT2D eigenvalue weighted by Gasteiger charge is 2.16. The molecule has 1 N–H and O–H groups in total. The number of phenolic OH excluding ortho intramolecular Hbond substituents is 1. The van der Waals surface area contributed by atoms with Crippen LogP contribution in [0.15, 0.2) is 54.7 Å². The third-order valence-corrected chi connectivity index (χ3v) is 2.97. The van der Waals surface area contributed by atoms with Crippen LogP contribution in [-0.4, -0.2) is 15.0 Å². The summed E-state index contributed by atoms with van der Waals surface area (Å²) in [6.45, 7) is 0. The number of fused-ring (bicyclic) bond motifs is 1. The summed E-state index contributed by atoms with van der Waals surface area (Å²) in [6.07, 6.45) is 1.50. The number of nitrogens with zero attached hydrogens (tertiary/aromatic N) is 2. The maximum Gasteiger partial charge on any atom is 0.295 e. The highest BCUT2D eigenvalue weighted by atomic mass is 16.6. The molecule has 0 aliphatic rings. The molecule has 21 heavy (non-hydrogen) atoms. The third-order valence-electron chi connectivity index (χ3n) is 2.97. The Morgan fingerprint density at radius 1 is 1.10 bits per heavy atom. The molecule has 0 atom stereocenters. The van der Waals surface area contributed by atoms with E-state index >= 15 is 0 Å². The lowest BCUT2D eigenvalue weighted by atomic mass is 10.1. The number of nitro benzene ring substituents is 1. The summed E-state index contributed by atoms with van der Waals surface area (Å²) in [5.41, 5.74) is 0.211. The van der Waals surface area contributed by atoms with Crippen LogP contribution in [-0.2, 0) is 0 Å². The summed E-state index contributed by atoms with van der Waals surface area (Å²) < 4.78 is 5.71. The Morgan fingerprint density at radius 2 is 1.86 bits per heavy atom. The van der Waals surface area contributed by atoms with Gasteiger partial charge in [0.1, 0.15) is 17.2 Å². The van der Waals surface area contributed by atoms with E-state index in [9.17, 15) is 15.2 Å². The van der Waals surface area contributed by atoms with Gasteiger partial charge < -0.3 is 9.84 Å². The molecule has 3 aromatic rings. The van der Waals surface area contributed by atoms with Gasteiger partial charge in [-0.2, -0.15) is 0 Å². The van der Waals surface area contributed by atoms with E-state index in [2.05, 4.69) is 4.98 Å². The van der Waals surface area contributed by atoms with Crippen molar-refractivity contribution in [2.24, 2.45) is 0 Å². The summed E-state index contributed by atoms with van der Waals surface area (Å²) in [5, 5.41) is 20.8. The van der Waals surface area contributed by atoms with Crippen LogP contribution in [0.1, 0.15) is 0 Å². The molecule has 6 nitrogen and oxygen atoms in total. The van der Waals surface area contributed by atoms with Crippen molar-refractivity contribution in [1.29, 1.82) is 0 Å². The van der Waals surface area contributed by atoms with Crippen LogP contribution in [0.3, 0.4) is 0 Å². The standard InChI is InChI=1S/C15H10N2O4/c18-10-3-5-11(6-4-10)21-14-8-7-13(17(19)20)15-12(14)2-1-9-16-15/h1-9,18H. The fourth-order valence-corrected chi connectivity index (χ4v) is 2.01. The molecule has 0 saturated carbocycles. The van der Waals surface area contributed by atoms with Crippen LogP contribution in [0.5, 0.6) is 17.2 Å². The Kier molecular flexibility index (Phi) is 3.12. The Bertz CT molecular complexity index is 816. The third kappa shape index (κ3) is 2.46. The molecule has 6 heteroatoms. The lowest BCUT2D eigenvalue weighted by Crippen LogP contribution is -1.93. The molecule has 3 rings (SSSR count). The average Bonchev–Trinajstić information content (AvgIpc) is 2.49. The molecule has 1 heterocycles. The summed E-state index contributed by atoms with van der Waals surface area (Å²) in [7, 11) is 0. The molecule has 0 bridgehead atoms. The van der Waals surface area contributed by atoms with Gasteiger partial charge in [0.2, 0.25) is 0 Å². The number of rotatable bonds is 3. The number of ether oxygens (including phenoxy) is 1. The topological polar surface area (TPSA) is 85.5 Å². The summed E-state index contributed by atoms with van der Waals surface area (Å²) in [6, 6.07) is 12.5. The lowest BCUT2D eigenvalue weighted by molar-refractivity contribution is -0.383. The number of benzene rings is 2. The maximum atomic E-state index is 11.0. The first-order valence-electron chi connectivity index (χ1n) is 6.14. The molecular formula is C15H10N2O4. The zero-order chi connectivity index (χ0) is 14.8. The van der Waals surface area contributed by atoms with Crippen LogP contribution < -0.4 is 4.74 Å². The van der Waals surface area contributed by atoms with Crippen molar-refractivity contribution in [2.45, 2.75) is 0 Å². The van der Waals surface area contributed by atoms with Crippen molar-refractivity contribution < 1.29 is 14.8 Å². The van der Waals surface area contributed by atoms with Crippen molar-refractivity contribution in [3.05, 3.63) is 64.8 Å². The van der Waals surface area contributed by atoms with Gasteiger partial charge in [-0.15, -0.1) is 0 Å². The van der Waals surface area contributed by atoms with Gasteiger partial charge >= 0.3 is 0 Å². The van der Waals surface area contributed by atoms with Crippen LogP contribution in [0, 0.1) is 10.1 Å². The van der Waals surface area contributed by atoms with Crippen molar-refractivity contribution in [1.82, 2.24) is 4.98 Å². The van der Waals surface area contributed by atoms with Gasteiger partial charge in [0.15, 0.2) is 5.52 Å². The smallest absolute Gasteiger partial charge is 0.295 e. The lowest BCUT2D eigenvalue weighted by Gasteiger charge is -2.08. The Labute approximate surface area is 119 Å². The van der Waals surface area contributed by atoms with Gasteiger partial charge in [-0.25, -0.2) is 4.98 Å². The molecule has 0 radical (unpaired) electrons. The van der Waals surface area contributed by atoms with Gasteiger partial charge in [-0.1, -0.05) is 0 Å². The number of non-ortho nitro benzene ring substituents is 1. The van der Waals surface area contributed by atoms with Crippen molar-refractivity contribution in [3.63, 3.8) is 0 Å². The average molecular weight is 282 g/mol. The molecule has 0 amide bonds. The fourth-order valence-electron chi connectivity index (χ4n) is 2.01. The SMILES string of the molecule is O=[N+]([O-])c1ccc(Oc2ccc(O)cc2)c2cccnc12. The highest BCUT2D eigenvalue weighted by Crippen LogP contribution is 2.34. The highest BCUT2D eigenvalue weighted by molar-refractivity contribution is 5.92. The number of aromatic hydroxyl groups is 1. The molecule has 1 aromatic heterocycles. The van der Waals surface area contributed by atoms with Gasteiger partial charge in [-0.3, -0.25) is 10.1 Å². The number of hydrogen-bond donors (Lipinski definition) is 1. The zero-order valence-corrected chi connectivity index (χ0v) is 10.8. The van der Waals surface area contributed by atoms with Crippen LogP contribution in [0.4, 0.5) is 5.69 Å². The first kappa shape index (κ1) is 12.9. The molecular weight excluding hydrogens is 272 g/mol. The Morgan fingerprint density at radius 3 is 2.57 bits per heavy atom. The molecule has 0 aliphatic heterocycles. The number of phenols is 1. The minimum atomic E-state index is -0.473. The first-order chi connectivity index (χ1) is 10.1. The van der Waals surface area contributed by atoms with Crippen LogP contribution >= 0.6 is 0 Å². The van der Waals surface area contributed by atoms with Crippen molar-refractivity contribution in [3.8, 4) is 17.2 Å². The predicted octanol–water partition coefficient (Wildman–Crippen LogP) is 3.64. The number of nitro groups is 1. The van der Waals surface area contributed by atoms with E-state index in [1.54, 1.807) is 24.3 Å².